The van der Waals surface area contributed by atoms with Gasteiger partial charge in [-0.1, -0.05) is 30.3 Å². The number of thiophene rings is 1. The van der Waals surface area contributed by atoms with Crippen molar-refractivity contribution < 1.29 is 8.42 Å². The molecule has 0 saturated heterocycles. The van der Waals surface area contributed by atoms with E-state index < -0.39 is 10.0 Å². The summed E-state index contributed by atoms with van der Waals surface area (Å²) in [7, 11) is -3.61. The Hall–Kier alpha value is -2.22. The Bertz CT molecular complexity index is 1070. The molecule has 4 aromatic rings. The summed E-state index contributed by atoms with van der Waals surface area (Å²) in [4.78, 5) is 4.85. The predicted molar refractivity (Wildman–Crippen MR) is 100 cm³/mol. The van der Waals surface area contributed by atoms with Crippen molar-refractivity contribution in [2.45, 2.75) is 4.90 Å². The number of nitrogens with zero attached hydrogens (tertiary/aromatic N) is 1. The van der Waals surface area contributed by atoms with Gasteiger partial charge < -0.3 is 0 Å². The van der Waals surface area contributed by atoms with Crippen LogP contribution in [-0.4, -0.2) is 13.4 Å². The molecule has 7 heteroatoms. The van der Waals surface area contributed by atoms with Gasteiger partial charge in [-0.3, -0.25) is 4.72 Å². The number of nitrogens with one attached hydrogen (secondary N) is 1. The van der Waals surface area contributed by atoms with Crippen molar-refractivity contribution in [1.29, 1.82) is 0 Å². The van der Waals surface area contributed by atoms with Gasteiger partial charge in [-0.2, -0.15) is 0 Å². The Morgan fingerprint density at radius 2 is 1.67 bits per heavy atom. The van der Waals surface area contributed by atoms with Crippen LogP contribution < -0.4 is 4.72 Å². The summed E-state index contributed by atoms with van der Waals surface area (Å²) < 4.78 is 28.8. The molecule has 2 heterocycles. The van der Waals surface area contributed by atoms with E-state index in [9.17, 15) is 8.42 Å². The lowest BCUT2D eigenvalue weighted by molar-refractivity contribution is 0.601. The molecule has 1 N–H and O–H groups in total. The number of fused-ring (bicyclic) bond motifs is 1. The maximum absolute atomic E-state index is 12.5. The van der Waals surface area contributed by atoms with Crippen molar-refractivity contribution in [2.75, 3.05) is 4.72 Å². The molecule has 2 aromatic heterocycles. The minimum atomic E-state index is -3.61. The van der Waals surface area contributed by atoms with Gasteiger partial charge in [0.05, 0.1) is 15.1 Å². The van der Waals surface area contributed by atoms with Crippen LogP contribution in [-0.2, 0) is 10.0 Å². The Kier molecular flexibility index (Phi) is 3.84. The molecule has 0 atom stereocenters. The van der Waals surface area contributed by atoms with E-state index in [0.29, 0.717) is 5.00 Å². The van der Waals surface area contributed by atoms with E-state index in [0.717, 1.165) is 20.8 Å². The fourth-order valence-electron chi connectivity index (χ4n) is 2.32. The molecular formula is C17H12N2O2S3. The smallest absolute Gasteiger partial charge is 0.262 e. The van der Waals surface area contributed by atoms with Gasteiger partial charge in [-0.05, 0) is 35.7 Å². The molecule has 24 heavy (non-hydrogen) atoms. The zero-order chi connectivity index (χ0) is 16.6. The third kappa shape index (κ3) is 2.82. The first-order chi connectivity index (χ1) is 11.6. The summed E-state index contributed by atoms with van der Waals surface area (Å²) in [5, 5.41) is 3.26. The van der Waals surface area contributed by atoms with Gasteiger partial charge in [-0.15, -0.1) is 22.7 Å². The van der Waals surface area contributed by atoms with Gasteiger partial charge in [-0.25, -0.2) is 13.4 Å². The number of rotatable bonds is 4. The van der Waals surface area contributed by atoms with E-state index in [1.165, 1.54) is 11.3 Å². The molecule has 0 unspecified atom stereocenters. The van der Waals surface area contributed by atoms with E-state index in [1.807, 2.05) is 35.7 Å². The van der Waals surface area contributed by atoms with Gasteiger partial charge in [0.1, 0.15) is 10.0 Å². The molecule has 0 saturated carbocycles. The summed E-state index contributed by atoms with van der Waals surface area (Å²) in [5.41, 5.74) is 1.72. The summed E-state index contributed by atoms with van der Waals surface area (Å²) >= 11 is 2.90. The molecule has 0 aliphatic heterocycles. The molecule has 0 fully saturated rings. The molecule has 0 amide bonds. The first-order valence-electron chi connectivity index (χ1n) is 7.15. The average Bonchev–Trinajstić information content (AvgIpc) is 3.21. The van der Waals surface area contributed by atoms with Crippen molar-refractivity contribution in [3.05, 3.63) is 66.0 Å². The highest BCUT2D eigenvalue weighted by atomic mass is 32.2. The first-order valence-corrected chi connectivity index (χ1v) is 10.3. The molecule has 0 radical (unpaired) electrons. The Morgan fingerprint density at radius 3 is 2.46 bits per heavy atom. The molecule has 4 rings (SSSR count). The molecular weight excluding hydrogens is 360 g/mol. The highest BCUT2D eigenvalue weighted by Crippen LogP contribution is 2.38. The summed E-state index contributed by atoms with van der Waals surface area (Å²) in [6, 6.07) is 18.1. The lowest BCUT2D eigenvalue weighted by Crippen LogP contribution is -2.12. The van der Waals surface area contributed by atoms with Gasteiger partial charge in [0.2, 0.25) is 0 Å². The van der Waals surface area contributed by atoms with E-state index in [4.69, 9.17) is 0 Å². The lowest BCUT2D eigenvalue weighted by atomic mass is 10.3. The van der Waals surface area contributed by atoms with Crippen LogP contribution in [0, 0.1) is 0 Å². The van der Waals surface area contributed by atoms with Crippen LogP contribution in [0.5, 0.6) is 0 Å². The van der Waals surface area contributed by atoms with Crippen LogP contribution in [0.2, 0.25) is 0 Å². The summed E-state index contributed by atoms with van der Waals surface area (Å²) in [6.45, 7) is 0. The number of aromatic nitrogens is 1. The Morgan fingerprint density at radius 1 is 0.917 bits per heavy atom. The largest absolute Gasteiger partial charge is 0.270 e. The van der Waals surface area contributed by atoms with Gasteiger partial charge in [0.25, 0.3) is 10.0 Å². The van der Waals surface area contributed by atoms with Crippen molar-refractivity contribution >= 4 is 47.9 Å². The predicted octanol–water partition coefficient (Wildman–Crippen LogP) is 4.83. The van der Waals surface area contributed by atoms with Crippen LogP contribution in [0.25, 0.3) is 20.8 Å². The lowest BCUT2D eigenvalue weighted by Gasteiger charge is -2.07. The van der Waals surface area contributed by atoms with E-state index in [1.54, 1.807) is 41.7 Å². The summed E-state index contributed by atoms with van der Waals surface area (Å²) in [6.07, 6.45) is 0. The fourth-order valence-corrected chi connectivity index (χ4v) is 5.53. The average molecular weight is 372 g/mol. The monoisotopic (exact) mass is 372 g/mol. The second kappa shape index (κ2) is 6.01. The van der Waals surface area contributed by atoms with Gasteiger partial charge in [0.15, 0.2) is 0 Å². The second-order valence-corrected chi connectivity index (χ2v) is 8.70. The highest BCUT2D eigenvalue weighted by Gasteiger charge is 2.18. The molecule has 4 nitrogen and oxygen atoms in total. The van der Waals surface area contributed by atoms with Crippen LogP contribution in [0.1, 0.15) is 0 Å². The minimum Gasteiger partial charge on any atom is -0.270 e. The Balaban J connectivity index is 1.73. The summed E-state index contributed by atoms with van der Waals surface area (Å²) in [5.74, 6) is 0. The molecule has 0 aliphatic carbocycles. The quantitative estimate of drug-likeness (QED) is 0.558. The van der Waals surface area contributed by atoms with Crippen LogP contribution in [0.3, 0.4) is 0 Å². The fraction of sp³-hybridized carbons (Fsp3) is 0. The standard InChI is InChI=1S/C17H12N2O2S3/c20-24(21,12-6-2-1-3-7-12)19-17-13(10-11-22-17)16-18-14-8-4-5-9-15(14)23-16/h1-11,19H. The number of hydrogen-bond acceptors (Lipinski definition) is 5. The van der Waals surface area contributed by atoms with E-state index in [-0.39, 0.29) is 4.90 Å². The molecule has 2 aromatic carbocycles. The highest BCUT2D eigenvalue weighted by molar-refractivity contribution is 7.93. The number of hydrogen-bond donors (Lipinski definition) is 1. The number of para-hydroxylation sites is 1. The zero-order valence-electron chi connectivity index (χ0n) is 12.3. The van der Waals surface area contributed by atoms with E-state index in [2.05, 4.69) is 9.71 Å². The number of thiazole rings is 1. The maximum Gasteiger partial charge on any atom is 0.262 e. The molecule has 0 bridgehead atoms. The van der Waals surface area contributed by atoms with Crippen LogP contribution in [0.4, 0.5) is 5.00 Å². The number of benzene rings is 2. The zero-order valence-corrected chi connectivity index (χ0v) is 14.8. The second-order valence-electron chi connectivity index (χ2n) is 5.07. The maximum atomic E-state index is 12.5. The molecule has 0 aliphatic rings. The van der Waals surface area contributed by atoms with Crippen LogP contribution in [0.15, 0.2) is 70.9 Å². The van der Waals surface area contributed by atoms with Crippen molar-refractivity contribution in [3.63, 3.8) is 0 Å². The van der Waals surface area contributed by atoms with Gasteiger partial charge in [0, 0.05) is 5.56 Å². The Labute approximate surface area is 147 Å². The first kappa shape index (κ1) is 15.3. The normalized spacial score (nSPS) is 11.7. The SMILES string of the molecule is O=S(=O)(Nc1sccc1-c1nc2ccccc2s1)c1ccccc1. The molecule has 0 spiro atoms. The minimum absolute atomic E-state index is 0.244. The van der Waals surface area contributed by atoms with Crippen molar-refractivity contribution in [2.24, 2.45) is 0 Å². The third-order valence-corrected chi connectivity index (χ3v) is 6.86. The van der Waals surface area contributed by atoms with Crippen molar-refractivity contribution in [1.82, 2.24) is 4.98 Å². The van der Waals surface area contributed by atoms with Crippen molar-refractivity contribution in [3.8, 4) is 10.6 Å². The number of sulfonamides is 1. The van der Waals surface area contributed by atoms with Crippen LogP contribution >= 0.6 is 22.7 Å². The van der Waals surface area contributed by atoms with E-state index >= 15 is 0 Å². The number of anilines is 1. The molecule has 120 valence electrons. The van der Waals surface area contributed by atoms with Gasteiger partial charge >= 0.3 is 0 Å². The topological polar surface area (TPSA) is 59.1 Å². The third-order valence-electron chi connectivity index (χ3n) is 3.47.